The molecule has 23 heavy (non-hydrogen) atoms. The molecular weight excluding hydrogens is 322 g/mol. The van der Waals surface area contributed by atoms with Crippen LogP contribution in [0.3, 0.4) is 0 Å². The van der Waals surface area contributed by atoms with Crippen molar-refractivity contribution in [2.75, 3.05) is 6.61 Å². The summed E-state index contributed by atoms with van der Waals surface area (Å²) in [7, 11) is -3.77. The minimum Gasteiger partial charge on any atom is -0.481 e. The van der Waals surface area contributed by atoms with Crippen LogP contribution in [0, 0.1) is 6.92 Å². The molecule has 2 rings (SSSR count). The van der Waals surface area contributed by atoms with Gasteiger partial charge in [-0.1, -0.05) is 29.8 Å². The molecule has 3 N–H and O–H groups in total. The lowest BCUT2D eigenvalue weighted by atomic mass is 10.1. The minimum atomic E-state index is -3.77. The Balaban J connectivity index is 2.14. The van der Waals surface area contributed by atoms with Gasteiger partial charge in [0.05, 0.1) is 30.1 Å². The van der Waals surface area contributed by atoms with Crippen molar-refractivity contribution in [2.24, 2.45) is 0 Å². The highest BCUT2D eigenvalue weighted by molar-refractivity contribution is 7.89. The summed E-state index contributed by atoms with van der Waals surface area (Å²) in [5.41, 5.74) is 0.939. The monoisotopic (exact) mass is 341 g/mol. The van der Waals surface area contributed by atoms with Gasteiger partial charge in [-0.25, -0.2) is 13.1 Å². The number of carboxylic acid groups (broad SMARTS) is 1. The number of aryl methyl sites for hydroxylation is 1. The van der Waals surface area contributed by atoms with Crippen LogP contribution in [0.25, 0.3) is 0 Å². The molecule has 0 saturated carbocycles. The van der Waals surface area contributed by atoms with Crippen molar-refractivity contribution in [3.05, 3.63) is 42.0 Å². The number of aliphatic hydroxyl groups excluding tert-OH is 1. The Hall–Kier alpha value is -1.74. The summed E-state index contributed by atoms with van der Waals surface area (Å²) in [6, 6.07) is 5.59. The van der Waals surface area contributed by atoms with Crippen molar-refractivity contribution in [1.29, 1.82) is 0 Å². The van der Waals surface area contributed by atoms with E-state index in [0.29, 0.717) is 0 Å². The Morgan fingerprint density at radius 2 is 1.91 bits per heavy atom. The molecule has 0 bridgehead atoms. The van der Waals surface area contributed by atoms with Crippen LogP contribution in [0.15, 0.2) is 41.3 Å². The number of hydrogen-bond acceptors (Lipinski definition) is 5. The molecule has 0 aliphatic carbocycles. The highest BCUT2D eigenvalue weighted by Crippen LogP contribution is 2.18. The van der Waals surface area contributed by atoms with Crippen LogP contribution in [0.1, 0.15) is 12.0 Å². The van der Waals surface area contributed by atoms with Gasteiger partial charge in [0.2, 0.25) is 10.0 Å². The summed E-state index contributed by atoms with van der Waals surface area (Å²) in [5.74, 6) is -1.03. The highest BCUT2D eigenvalue weighted by atomic mass is 32.2. The van der Waals surface area contributed by atoms with E-state index in [9.17, 15) is 18.3 Å². The molecule has 1 aromatic rings. The van der Waals surface area contributed by atoms with Crippen molar-refractivity contribution in [1.82, 2.24) is 4.72 Å². The number of ether oxygens (including phenoxy) is 1. The molecule has 7 nitrogen and oxygen atoms in total. The van der Waals surface area contributed by atoms with Crippen molar-refractivity contribution in [3.63, 3.8) is 0 Å². The van der Waals surface area contributed by atoms with Gasteiger partial charge in [-0.05, 0) is 19.1 Å². The second kappa shape index (κ2) is 7.22. The molecule has 8 heteroatoms. The fourth-order valence-electron chi connectivity index (χ4n) is 2.25. The molecule has 1 aromatic carbocycles. The quantitative estimate of drug-likeness (QED) is 0.647. The molecule has 0 spiro atoms. The van der Waals surface area contributed by atoms with E-state index >= 15 is 0 Å². The fraction of sp³-hybridized carbons (Fsp3) is 0.400. The predicted octanol–water partition coefficient (Wildman–Crippen LogP) is 0.433. The zero-order chi connectivity index (χ0) is 17.0. The smallest absolute Gasteiger partial charge is 0.306 e. The fourth-order valence-corrected chi connectivity index (χ4v) is 3.47. The number of carboxylic acids is 1. The van der Waals surface area contributed by atoms with E-state index in [4.69, 9.17) is 9.84 Å². The summed E-state index contributed by atoms with van der Waals surface area (Å²) >= 11 is 0. The molecule has 126 valence electrons. The zero-order valence-corrected chi connectivity index (χ0v) is 13.4. The maximum atomic E-state index is 12.4. The SMILES string of the molecule is Cc1ccc(S(=O)(=O)N[C@H]2C=C[C@H](CC(=O)O)O[C@@H]2CO)cc1. The maximum Gasteiger partial charge on any atom is 0.306 e. The third-order valence-corrected chi connectivity index (χ3v) is 4.94. The second-order valence-corrected chi connectivity index (χ2v) is 7.05. The van der Waals surface area contributed by atoms with Crippen LogP contribution < -0.4 is 4.72 Å². The lowest BCUT2D eigenvalue weighted by molar-refractivity contribution is -0.141. The van der Waals surface area contributed by atoms with E-state index in [1.807, 2.05) is 6.92 Å². The van der Waals surface area contributed by atoms with Crippen LogP contribution in [0.5, 0.6) is 0 Å². The first-order valence-electron chi connectivity index (χ1n) is 7.07. The number of rotatable bonds is 6. The molecule has 0 radical (unpaired) electrons. The molecule has 3 atom stereocenters. The normalized spacial score (nSPS) is 24.5. The van der Waals surface area contributed by atoms with Crippen LogP contribution in [-0.4, -0.2) is 49.5 Å². The van der Waals surface area contributed by atoms with E-state index in [-0.39, 0.29) is 11.3 Å². The van der Waals surface area contributed by atoms with E-state index in [1.165, 1.54) is 24.3 Å². The Kier molecular flexibility index (Phi) is 5.53. The van der Waals surface area contributed by atoms with Gasteiger partial charge in [-0.15, -0.1) is 0 Å². The van der Waals surface area contributed by atoms with E-state index in [1.54, 1.807) is 12.1 Å². The molecule has 1 aliphatic rings. The standard InChI is InChI=1S/C15H19NO6S/c1-10-2-5-12(6-3-10)23(20,21)16-13-7-4-11(8-15(18)19)22-14(13)9-17/h2-7,11,13-14,16-17H,8-9H2,1H3,(H,18,19)/t11-,13+,14-/m1/s1. The first-order chi connectivity index (χ1) is 10.8. The molecule has 1 aliphatic heterocycles. The first-order valence-corrected chi connectivity index (χ1v) is 8.55. The topological polar surface area (TPSA) is 113 Å². The van der Waals surface area contributed by atoms with Gasteiger partial charge in [-0.2, -0.15) is 0 Å². The molecular formula is C15H19NO6S. The van der Waals surface area contributed by atoms with Gasteiger partial charge >= 0.3 is 5.97 Å². The third kappa shape index (κ3) is 4.61. The van der Waals surface area contributed by atoms with Gasteiger partial charge in [-0.3, -0.25) is 4.79 Å². The van der Waals surface area contributed by atoms with Crippen LogP contribution in [-0.2, 0) is 19.6 Å². The number of aliphatic hydroxyl groups is 1. The van der Waals surface area contributed by atoms with Crippen LogP contribution >= 0.6 is 0 Å². The molecule has 0 saturated heterocycles. The van der Waals surface area contributed by atoms with E-state index < -0.39 is 40.8 Å². The lowest BCUT2D eigenvalue weighted by Crippen LogP contribution is -2.48. The molecule has 0 unspecified atom stereocenters. The molecule has 1 heterocycles. The Morgan fingerprint density at radius 1 is 1.26 bits per heavy atom. The molecule has 0 aromatic heterocycles. The summed E-state index contributed by atoms with van der Waals surface area (Å²) in [4.78, 5) is 10.8. The number of benzene rings is 1. The van der Waals surface area contributed by atoms with Gasteiger partial charge in [0.25, 0.3) is 0 Å². The van der Waals surface area contributed by atoms with Crippen molar-refractivity contribution < 1.29 is 28.2 Å². The van der Waals surface area contributed by atoms with Crippen molar-refractivity contribution in [2.45, 2.75) is 36.5 Å². The Morgan fingerprint density at radius 3 is 2.48 bits per heavy atom. The van der Waals surface area contributed by atoms with Crippen molar-refractivity contribution in [3.8, 4) is 0 Å². The number of hydrogen-bond donors (Lipinski definition) is 3. The van der Waals surface area contributed by atoms with Gasteiger partial charge in [0.1, 0.15) is 6.10 Å². The third-order valence-electron chi connectivity index (χ3n) is 3.46. The number of aliphatic carboxylic acids is 1. The average molecular weight is 341 g/mol. The first kappa shape index (κ1) is 17.6. The molecule has 0 amide bonds. The van der Waals surface area contributed by atoms with Crippen molar-refractivity contribution >= 4 is 16.0 Å². The maximum absolute atomic E-state index is 12.4. The van der Waals surface area contributed by atoms with E-state index in [2.05, 4.69) is 4.72 Å². The van der Waals surface area contributed by atoms with Crippen LogP contribution in [0.4, 0.5) is 0 Å². The average Bonchev–Trinajstić information content (AvgIpc) is 2.48. The molecule has 0 fully saturated rings. The summed E-state index contributed by atoms with van der Waals surface area (Å²) in [6.07, 6.45) is 1.23. The summed E-state index contributed by atoms with van der Waals surface area (Å²) in [6.45, 7) is 1.42. The van der Waals surface area contributed by atoms with E-state index in [0.717, 1.165) is 5.56 Å². The largest absolute Gasteiger partial charge is 0.481 e. The summed E-state index contributed by atoms with van der Waals surface area (Å²) < 4.78 is 32.6. The number of nitrogens with one attached hydrogen (secondary N) is 1. The Bertz CT molecular complexity index is 682. The highest BCUT2D eigenvalue weighted by Gasteiger charge is 2.31. The summed E-state index contributed by atoms with van der Waals surface area (Å²) in [5, 5.41) is 18.1. The Labute approximate surface area is 134 Å². The zero-order valence-electron chi connectivity index (χ0n) is 12.5. The lowest BCUT2D eigenvalue weighted by Gasteiger charge is -2.31. The number of sulfonamides is 1. The second-order valence-electron chi connectivity index (χ2n) is 5.34. The van der Waals surface area contributed by atoms with Gasteiger partial charge in [0, 0.05) is 0 Å². The van der Waals surface area contributed by atoms with Gasteiger partial charge < -0.3 is 14.9 Å². The number of carbonyl (C=O) groups is 1. The minimum absolute atomic E-state index is 0.112. The predicted molar refractivity (Wildman–Crippen MR) is 82.4 cm³/mol. The van der Waals surface area contributed by atoms with Gasteiger partial charge in [0.15, 0.2) is 0 Å². The van der Waals surface area contributed by atoms with Crippen LogP contribution in [0.2, 0.25) is 0 Å².